The van der Waals surface area contributed by atoms with E-state index in [-0.39, 0.29) is 5.91 Å². The number of amides is 1. The van der Waals surface area contributed by atoms with Crippen LogP contribution in [0.15, 0.2) is 18.2 Å². The fourth-order valence-corrected chi connectivity index (χ4v) is 1.31. The van der Waals surface area contributed by atoms with Gasteiger partial charge in [-0.2, -0.15) is 0 Å². The van der Waals surface area contributed by atoms with Crippen LogP contribution in [0.1, 0.15) is 25.8 Å². The average molecular weight is 236 g/mol. The van der Waals surface area contributed by atoms with Crippen molar-refractivity contribution in [3.63, 3.8) is 0 Å². The molecule has 0 bridgehead atoms. The second-order valence-corrected chi connectivity index (χ2v) is 4.13. The van der Waals surface area contributed by atoms with Crippen LogP contribution < -0.4 is 15.8 Å². The fraction of sp³-hybridized carbons (Fsp3) is 0.462. The van der Waals surface area contributed by atoms with Crippen molar-refractivity contribution in [3.05, 3.63) is 23.8 Å². The minimum Gasteiger partial charge on any atom is -0.491 e. The Bertz CT molecular complexity index is 389. The molecule has 94 valence electrons. The van der Waals surface area contributed by atoms with Gasteiger partial charge in [-0.25, -0.2) is 0 Å². The molecule has 0 aliphatic heterocycles. The molecule has 0 aliphatic carbocycles. The number of nitrogens with two attached hydrogens (primary N) is 1. The summed E-state index contributed by atoms with van der Waals surface area (Å²) >= 11 is 0. The third-order valence-electron chi connectivity index (χ3n) is 2.27. The van der Waals surface area contributed by atoms with Crippen LogP contribution in [0.4, 0.5) is 5.69 Å². The largest absolute Gasteiger partial charge is 0.491 e. The topological polar surface area (TPSA) is 64.3 Å². The number of ether oxygens (including phenoxy) is 1. The first-order valence-corrected chi connectivity index (χ1v) is 5.84. The van der Waals surface area contributed by atoms with Gasteiger partial charge in [-0.05, 0) is 38.0 Å². The lowest BCUT2D eigenvalue weighted by atomic mass is 10.2. The molecule has 0 radical (unpaired) electrons. The summed E-state index contributed by atoms with van der Waals surface area (Å²) in [5, 5.41) is 2.76. The Hall–Kier alpha value is -1.55. The summed E-state index contributed by atoms with van der Waals surface area (Å²) in [6, 6.07) is 5.14. The highest BCUT2D eigenvalue weighted by molar-refractivity contribution is 5.95. The van der Waals surface area contributed by atoms with E-state index >= 15 is 0 Å². The first kappa shape index (κ1) is 13.5. The van der Waals surface area contributed by atoms with Gasteiger partial charge in [0.1, 0.15) is 5.75 Å². The highest BCUT2D eigenvalue weighted by Crippen LogP contribution is 2.25. The van der Waals surface area contributed by atoms with Crippen LogP contribution in [0, 0.1) is 6.92 Å². The maximum absolute atomic E-state index is 11.5. The van der Waals surface area contributed by atoms with Gasteiger partial charge in [0.15, 0.2) is 0 Å². The van der Waals surface area contributed by atoms with Crippen molar-refractivity contribution in [2.24, 2.45) is 5.73 Å². The molecule has 0 spiro atoms. The number of hydrogen-bond donors (Lipinski definition) is 2. The number of hydrogen-bond acceptors (Lipinski definition) is 3. The zero-order chi connectivity index (χ0) is 12.8. The van der Waals surface area contributed by atoms with Crippen LogP contribution >= 0.6 is 0 Å². The Labute approximate surface area is 102 Å². The van der Waals surface area contributed by atoms with Gasteiger partial charge in [-0.15, -0.1) is 0 Å². The van der Waals surface area contributed by atoms with Crippen molar-refractivity contribution < 1.29 is 9.53 Å². The molecule has 4 nitrogen and oxygen atoms in total. The van der Waals surface area contributed by atoms with E-state index in [4.69, 9.17) is 10.5 Å². The number of rotatable bonds is 5. The van der Waals surface area contributed by atoms with Gasteiger partial charge in [0.05, 0.1) is 18.3 Å². The SMILES string of the molecule is CCCOc1cc(C)ccc1NC(=O)[C@@H](C)N. The third kappa shape index (κ3) is 4.07. The maximum atomic E-state index is 11.5. The summed E-state index contributed by atoms with van der Waals surface area (Å²) in [6.45, 7) is 6.30. The average Bonchev–Trinajstić information content (AvgIpc) is 2.29. The molecular weight excluding hydrogens is 216 g/mol. The molecule has 0 aliphatic rings. The lowest BCUT2D eigenvalue weighted by molar-refractivity contribution is -0.117. The summed E-state index contributed by atoms with van der Waals surface area (Å²) in [4.78, 5) is 11.5. The monoisotopic (exact) mass is 236 g/mol. The van der Waals surface area contributed by atoms with Crippen LogP contribution in [0.2, 0.25) is 0 Å². The van der Waals surface area contributed by atoms with Gasteiger partial charge in [-0.1, -0.05) is 13.0 Å². The Morgan fingerprint density at radius 1 is 1.53 bits per heavy atom. The fourth-order valence-electron chi connectivity index (χ4n) is 1.31. The van der Waals surface area contributed by atoms with Gasteiger partial charge >= 0.3 is 0 Å². The van der Waals surface area contributed by atoms with Crippen molar-refractivity contribution >= 4 is 11.6 Å². The van der Waals surface area contributed by atoms with E-state index < -0.39 is 6.04 Å². The minimum absolute atomic E-state index is 0.213. The number of aryl methyl sites for hydroxylation is 1. The Kier molecular flexibility index (Phi) is 4.97. The molecule has 3 N–H and O–H groups in total. The van der Waals surface area contributed by atoms with E-state index in [2.05, 4.69) is 5.32 Å². The molecule has 1 amide bonds. The normalized spacial score (nSPS) is 12.0. The third-order valence-corrected chi connectivity index (χ3v) is 2.27. The molecule has 0 unspecified atom stereocenters. The van der Waals surface area contributed by atoms with E-state index in [1.165, 1.54) is 0 Å². The number of carbonyl (C=O) groups is 1. The quantitative estimate of drug-likeness (QED) is 0.822. The van der Waals surface area contributed by atoms with Crippen molar-refractivity contribution in [1.29, 1.82) is 0 Å². The predicted octanol–water partition coefficient (Wildman–Crippen LogP) is 2.07. The van der Waals surface area contributed by atoms with Crippen molar-refractivity contribution in [2.75, 3.05) is 11.9 Å². The number of benzene rings is 1. The van der Waals surface area contributed by atoms with E-state index in [0.717, 1.165) is 12.0 Å². The highest BCUT2D eigenvalue weighted by Gasteiger charge is 2.11. The van der Waals surface area contributed by atoms with E-state index in [0.29, 0.717) is 18.0 Å². The minimum atomic E-state index is -0.532. The second-order valence-electron chi connectivity index (χ2n) is 4.13. The first-order chi connectivity index (χ1) is 8.04. The number of nitrogens with one attached hydrogen (secondary N) is 1. The maximum Gasteiger partial charge on any atom is 0.241 e. The van der Waals surface area contributed by atoms with E-state index in [9.17, 15) is 4.79 Å². The molecule has 1 aromatic carbocycles. The Morgan fingerprint density at radius 3 is 2.82 bits per heavy atom. The van der Waals surface area contributed by atoms with Gasteiger partial charge in [-0.3, -0.25) is 4.79 Å². The zero-order valence-electron chi connectivity index (χ0n) is 10.6. The van der Waals surface area contributed by atoms with Gasteiger partial charge in [0, 0.05) is 0 Å². The molecule has 0 saturated heterocycles. The first-order valence-electron chi connectivity index (χ1n) is 5.84. The van der Waals surface area contributed by atoms with Crippen molar-refractivity contribution in [1.82, 2.24) is 0 Å². The summed E-state index contributed by atoms with van der Waals surface area (Å²) in [7, 11) is 0. The van der Waals surface area contributed by atoms with E-state index in [1.54, 1.807) is 6.92 Å². The molecule has 1 rings (SSSR count). The van der Waals surface area contributed by atoms with Crippen molar-refractivity contribution in [3.8, 4) is 5.75 Å². The molecule has 0 heterocycles. The van der Waals surface area contributed by atoms with Crippen LogP contribution in [0.25, 0.3) is 0 Å². The molecule has 4 heteroatoms. The Balaban J connectivity index is 2.85. The highest BCUT2D eigenvalue weighted by atomic mass is 16.5. The van der Waals surface area contributed by atoms with Crippen LogP contribution in [-0.4, -0.2) is 18.6 Å². The zero-order valence-corrected chi connectivity index (χ0v) is 10.6. The summed E-state index contributed by atoms with van der Waals surface area (Å²) < 4.78 is 5.59. The van der Waals surface area contributed by atoms with Gasteiger partial charge in [0.2, 0.25) is 5.91 Å². The van der Waals surface area contributed by atoms with Gasteiger partial charge < -0.3 is 15.8 Å². The van der Waals surface area contributed by atoms with Crippen LogP contribution in [-0.2, 0) is 4.79 Å². The number of carbonyl (C=O) groups excluding carboxylic acids is 1. The van der Waals surface area contributed by atoms with Crippen LogP contribution in [0.5, 0.6) is 5.75 Å². The van der Waals surface area contributed by atoms with E-state index in [1.807, 2.05) is 32.0 Å². The Morgan fingerprint density at radius 2 is 2.24 bits per heavy atom. The molecule has 0 fully saturated rings. The second kappa shape index (κ2) is 6.25. The van der Waals surface area contributed by atoms with Crippen molar-refractivity contribution in [2.45, 2.75) is 33.2 Å². The molecule has 0 aromatic heterocycles. The standard InChI is InChI=1S/C13H20N2O2/c1-4-7-17-12-8-9(2)5-6-11(12)15-13(16)10(3)14/h5-6,8,10H,4,7,14H2,1-3H3,(H,15,16)/t10-/m1/s1. The summed E-state index contributed by atoms with van der Waals surface area (Å²) in [5.41, 5.74) is 7.28. The summed E-state index contributed by atoms with van der Waals surface area (Å²) in [5.74, 6) is 0.482. The summed E-state index contributed by atoms with van der Waals surface area (Å²) in [6.07, 6.45) is 0.925. The lowest BCUT2D eigenvalue weighted by Crippen LogP contribution is -2.32. The molecule has 1 atom stereocenters. The predicted molar refractivity (Wildman–Crippen MR) is 69.2 cm³/mol. The van der Waals surface area contributed by atoms with Gasteiger partial charge in [0.25, 0.3) is 0 Å². The molecule has 0 saturated carbocycles. The van der Waals surface area contributed by atoms with Crippen LogP contribution in [0.3, 0.4) is 0 Å². The lowest BCUT2D eigenvalue weighted by Gasteiger charge is -2.14. The smallest absolute Gasteiger partial charge is 0.241 e. The number of anilines is 1. The molecule has 1 aromatic rings. The molecular formula is C13H20N2O2. The molecule has 17 heavy (non-hydrogen) atoms.